The number of oxime groups is 1. The normalized spacial score (nSPS) is 11.4. The van der Waals surface area contributed by atoms with Crippen LogP contribution < -0.4 is 9.47 Å². The van der Waals surface area contributed by atoms with Crippen LogP contribution in [0.15, 0.2) is 40.4 Å². The van der Waals surface area contributed by atoms with E-state index in [1.165, 1.54) is 7.11 Å². The van der Waals surface area contributed by atoms with E-state index >= 15 is 0 Å². The van der Waals surface area contributed by atoms with Crippen molar-refractivity contribution in [2.75, 3.05) is 26.6 Å². The van der Waals surface area contributed by atoms with Gasteiger partial charge in [-0.1, -0.05) is 43.1 Å². The number of esters is 1. The van der Waals surface area contributed by atoms with Gasteiger partial charge in [0, 0.05) is 21.8 Å². The SMILES string of the molecule is CCCc1c(OCCCSc2ccc(CC(=O)OC)cc2Cl)ccc(/C(CC)=N/O)c1OC. The van der Waals surface area contributed by atoms with Crippen LogP contribution in [0.4, 0.5) is 0 Å². The lowest BCUT2D eigenvalue weighted by molar-refractivity contribution is -0.139. The highest BCUT2D eigenvalue weighted by molar-refractivity contribution is 7.99. The summed E-state index contributed by atoms with van der Waals surface area (Å²) in [6.45, 7) is 4.60. The smallest absolute Gasteiger partial charge is 0.309 e. The minimum atomic E-state index is -0.287. The van der Waals surface area contributed by atoms with Crippen LogP contribution in [0.5, 0.6) is 11.5 Å². The Kier molecular flexibility index (Phi) is 11.4. The van der Waals surface area contributed by atoms with Crippen molar-refractivity contribution in [3.63, 3.8) is 0 Å². The van der Waals surface area contributed by atoms with Crippen molar-refractivity contribution in [2.45, 2.75) is 50.8 Å². The molecule has 1 N–H and O–H groups in total. The molecule has 0 aliphatic rings. The lowest BCUT2D eigenvalue weighted by Crippen LogP contribution is -2.08. The van der Waals surface area contributed by atoms with E-state index in [0.29, 0.717) is 29.5 Å². The molecule has 2 rings (SSSR count). The number of hydrogen-bond donors (Lipinski definition) is 1. The first kappa shape index (κ1) is 26.9. The molecule has 0 saturated heterocycles. The Morgan fingerprint density at radius 2 is 1.97 bits per heavy atom. The van der Waals surface area contributed by atoms with E-state index in [1.54, 1.807) is 18.9 Å². The molecule has 0 aliphatic heterocycles. The maximum Gasteiger partial charge on any atom is 0.309 e. The molecule has 0 atom stereocenters. The summed E-state index contributed by atoms with van der Waals surface area (Å²) < 4.78 is 16.5. The highest BCUT2D eigenvalue weighted by Gasteiger charge is 2.18. The van der Waals surface area contributed by atoms with Crippen LogP contribution in [-0.4, -0.2) is 43.5 Å². The Hall–Kier alpha value is -2.38. The summed E-state index contributed by atoms with van der Waals surface area (Å²) in [7, 11) is 3.00. The van der Waals surface area contributed by atoms with Gasteiger partial charge in [-0.2, -0.15) is 0 Å². The van der Waals surface area contributed by atoms with Crippen LogP contribution in [0.1, 0.15) is 49.8 Å². The van der Waals surface area contributed by atoms with Crippen LogP contribution >= 0.6 is 23.4 Å². The number of carbonyl (C=O) groups excluding carboxylic acids is 1. The maximum atomic E-state index is 11.4. The molecule has 0 saturated carbocycles. The lowest BCUT2D eigenvalue weighted by atomic mass is 9.99. The Bertz CT molecular complexity index is 964. The van der Waals surface area contributed by atoms with Crippen molar-refractivity contribution < 1.29 is 24.2 Å². The van der Waals surface area contributed by atoms with Gasteiger partial charge in [0.1, 0.15) is 11.5 Å². The topological polar surface area (TPSA) is 77.4 Å². The molecule has 0 heterocycles. The average molecular weight is 494 g/mol. The Labute approximate surface area is 205 Å². The minimum Gasteiger partial charge on any atom is -0.496 e. The van der Waals surface area contributed by atoms with Crippen LogP contribution in [-0.2, 0) is 22.4 Å². The van der Waals surface area contributed by atoms with Gasteiger partial charge in [-0.15, -0.1) is 11.8 Å². The average Bonchev–Trinajstić information content (AvgIpc) is 2.82. The largest absolute Gasteiger partial charge is 0.496 e. The van der Waals surface area contributed by atoms with Crippen LogP contribution in [0, 0.1) is 0 Å². The van der Waals surface area contributed by atoms with Crippen LogP contribution in [0.25, 0.3) is 0 Å². The quantitative estimate of drug-likeness (QED) is 0.0898. The van der Waals surface area contributed by atoms with Gasteiger partial charge in [-0.05, 0) is 49.1 Å². The highest BCUT2D eigenvalue weighted by Crippen LogP contribution is 2.35. The number of carbonyl (C=O) groups is 1. The molecule has 0 spiro atoms. The van der Waals surface area contributed by atoms with Gasteiger partial charge in [-0.25, -0.2) is 0 Å². The minimum absolute atomic E-state index is 0.210. The highest BCUT2D eigenvalue weighted by atomic mass is 35.5. The zero-order valence-corrected chi connectivity index (χ0v) is 21.2. The fourth-order valence-electron chi connectivity index (χ4n) is 3.44. The molecule has 180 valence electrons. The second kappa shape index (κ2) is 14.0. The number of hydrogen-bond acceptors (Lipinski definition) is 7. The Morgan fingerprint density at radius 1 is 1.18 bits per heavy atom. The molecule has 0 aliphatic carbocycles. The molecule has 0 radical (unpaired) electrons. The fourth-order valence-corrected chi connectivity index (χ4v) is 4.65. The zero-order valence-electron chi connectivity index (χ0n) is 19.7. The fraction of sp³-hybridized carbons (Fsp3) is 0.440. The van der Waals surface area contributed by atoms with E-state index in [0.717, 1.165) is 52.4 Å². The van der Waals surface area contributed by atoms with Crippen molar-refractivity contribution in [3.05, 3.63) is 52.0 Å². The molecule has 2 aromatic rings. The first-order chi connectivity index (χ1) is 16.0. The van der Waals surface area contributed by atoms with Gasteiger partial charge in [0.15, 0.2) is 0 Å². The summed E-state index contributed by atoms with van der Waals surface area (Å²) in [6.07, 6.45) is 3.38. The molecular weight excluding hydrogens is 462 g/mol. The lowest BCUT2D eigenvalue weighted by Gasteiger charge is -2.18. The molecule has 0 amide bonds. The number of benzene rings is 2. The zero-order chi connectivity index (χ0) is 24.2. The molecular formula is C25H32ClNO5S. The monoisotopic (exact) mass is 493 g/mol. The van der Waals surface area contributed by atoms with Crippen LogP contribution in [0.3, 0.4) is 0 Å². The summed E-state index contributed by atoms with van der Waals surface area (Å²) in [4.78, 5) is 12.4. The van der Waals surface area contributed by atoms with Crippen molar-refractivity contribution in [2.24, 2.45) is 5.16 Å². The molecule has 33 heavy (non-hydrogen) atoms. The second-order valence-electron chi connectivity index (χ2n) is 7.34. The predicted octanol–water partition coefficient (Wildman–Crippen LogP) is 6.17. The molecule has 0 fully saturated rings. The van der Waals surface area contributed by atoms with E-state index in [2.05, 4.69) is 12.1 Å². The van der Waals surface area contributed by atoms with Crippen molar-refractivity contribution in [1.82, 2.24) is 0 Å². The summed E-state index contributed by atoms with van der Waals surface area (Å²) in [5, 5.41) is 13.4. The number of rotatable bonds is 13. The molecule has 8 heteroatoms. The number of ether oxygens (including phenoxy) is 3. The summed E-state index contributed by atoms with van der Waals surface area (Å²) in [5.41, 5.74) is 3.20. The molecule has 0 unspecified atom stereocenters. The van der Waals surface area contributed by atoms with Gasteiger partial charge < -0.3 is 19.4 Å². The van der Waals surface area contributed by atoms with Crippen molar-refractivity contribution in [1.29, 1.82) is 0 Å². The number of thioether (sulfide) groups is 1. The molecule has 6 nitrogen and oxygen atoms in total. The number of methoxy groups -OCH3 is 2. The first-order valence-electron chi connectivity index (χ1n) is 11.0. The van der Waals surface area contributed by atoms with E-state index in [4.69, 9.17) is 25.8 Å². The predicted molar refractivity (Wildman–Crippen MR) is 134 cm³/mol. The van der Waals surface area contributed by atoms with E-state index < -0.39 is 0 Å². The van der Waals surface area contributed by atoms with Gasteiger partial charge in [0.05, 0.1) is 38.0 Å². The summed E-state index contributed by atoms with van der Waals surface area (Å²) >= 11 is 8.03. The van der Waals surface area contributed by atoms with E-state index in [9.17, 15) is 10.0 Å². The number of nitrogens with zero attached hydrogens (tertiary/aromatic N) is 1. The number of halogens is 1. The summed E-state index contributed by atoms with van der Waals surface area (Å²) in [6, 6.07) is 9.45. The third kappa shape index (κ3) is 7.57. The van der Waals surface area contributed by atoms with E-state index in [1.807, 2.05) is 37.3 Å². The van der Waals surface area contributed by atoms with Gasteiger partial charge in [-0.3, -0.25) is 4.79 Å². The van der Waals surface area contributed by atoms with E-state index in [-0.39, 0.29) is 12.4 Å². The van der Waals surface area contributed by atoms with Gasteiger partial charge >= 0.3 is 5.97 Å². The molecule has 2 aromatic carbocycles. The van der Waals surface area contributed by atoms with Crippen molar-refractivity contribution in [3.8, 4) is 11.5 Å². The Morgan fingerprint density at radius 3 is 2.58 bits per heavy atom. The molecule has 0 bridgehead atoms. The molecule has 0 aromatic heterocycles. The van der Waals surface area contributed by atoms with Gasteiger partial charge in [0.25, 0.3) is 0 Å². The van der Waals surface area contributed by atoms with Crippen LogP contribution in [0.2, 0.25) is 5.02 Å². The third-order valence-electron chi connectivity index (χ3n) is 5.06. The third-order valence-corrected chi connectivity index (χ3v) is 6.65. The second-order valence-corrected chi connectivity index (χ2v) is 8.89. The van der Waals surface area contributed by atoms with Crippen molar-refractivity contribution >= 4 is 35.0 Å². The maximum absolute atomic E-state index is 11.4. The van der Waals surface area contributed by atoms with Gasteiger partial charge in [0.2, 0.25) is 0 Å². The first-order valence-corrected chi connectivity index (χ1v) is 12.4. The summed E-state index contributed by atoms with van der Waals surface area (Å²) in [5.74, 6) is 2.05. The standard InChI is InChI=1S/C25H32ClNO5S/c1-5-8-19-22(11-10-18(25(19)31-4)21(6-2)27-29)32-13-7-14-33-23-12-9-17(15-20(23)26)16-24(28)30-3/h9-12,15,29H,5-8,13-14,16H2,1-4H3/b27-21+. The Balaban J connectivity index is 1.98.